The number of esters is 1. The van der Waals surface area contributed by atoms with Gasteiger partial charge < -0.3 is 10.1 Å². The van der Waals surface area contributed by atoms with E-state index in [-0.39, 0.29) is 5.02 Å². The summed E-state index contributed by atoms with van der Waals surface area (Å²) < 4.78 is 18.2. The van der Waals surface area contributed by atoms with Crippen molar-refractivity contribution in [2.75, 3.05) is 5.32 Å². The van der Waals surface area contributed by atoms with Crippen molar-refractivity contribution in [1.82, 2.24) is 0 Å². The molecule has 1 N–H and O–H groups in total. The van der Waals surface area contributed by atoms with Crippen LogP contribution in [-0.4, -0.2) is 18.0 Å². The van der Waals surface area contributed by atoms with E-state index in [1.807, 2.05) is 32.0 Å². The average molecular weight is 376 g/mol. The first kappa shape index (κ1) is 19.7. The van der Waals surface area contributed by atoms with Crippen molar-refractivity contribution < 1.29 is 18.7 Å². The Hall–Kier alpha value is -2.66. The molecule has 2 aromatic carbocycles. The zero-order valence-corrected chi connectivity index (χ0v) is 15.4. The summed E-state index contributed by atoms with van der Waals surface area (Å²) in [6.07, 6.45) is 1.62. The molecular formula is C20H19ClFNO3. The molecule has 0 aliphatic carbocycles. The number of ether oxygens (including phenoxy) is 1. The van der Waals surface area contributed by atoms with Crippen LogP contribution in [0.15, 0.2) is 42.5 Å². The van der Waals surface area contributed by atoms with Crippen LogP contribution in [0.5, 0.6) is 0 Å². The van der Waals surface area contributed by atoms with Crippen LogP contribution >= 0.6 is 11.6 Å². The number of carbonyl (C=O) groups is 2. The van der Waals surface area contributed by atoms with Crippen LogP contribution in [0.25, 0.3) is 6.08 Å². The summed E-state index contributed by atoms with van der Waals surface area (Å²) in [5, 5.41) is 2.70. The maximum atomic E-state index is 13.1. The van der Waals surface area contributed by atoms with Crippen molar-refractivity contribution in [3.63, 3.8) is 0 Å². The predicted molar refractivity (Wildman–Crippen MR) is 101 cm³/mol. The predicted octanol–water partition coefficient (Wildman–Crippen LogP) is 4.68. The lowest BCUT2D eigenvalue weighted by Gasteiger charge is -2.14. The van der Waals surface area contributed by atoms with Crippen molar-refractivity contribution >= 4 is 35.2 Å². The number of anilines is 1. The molecule has 0 aromatic heterocycles. The van der Waals surface area contributed by atoms with Crippen molar-refractivity contribution in [2.24, 2.45) is 0 Å². The maximum absolute atomic E-state index is 13.1. The number of hydrogen-bond donors (Lipinski definition) is 1. The Kier molecular flexibility index (Phi) is 6.52. The van der Waals surface area contributed by atoms with Gasteiger partial charge in [-0.3, -0.25) is 4.79 Å². The lowest BCUT2D eigenvalue weighted by atomic mass is 10.1. The largest absolute Gasteiger partial charge is 0.449 e. The van der Waals surface area contributed by atoms with E-state index in [9.17, 15) is 14.0 Å². The Bertz CT molecular complexity index is 864. The van der Waals surface area contributed by atoms with Gasteiger partial charge in [-0.2, -0.15) is 0 Å². The fraction of sp³-hybridized carbons (Fsp3) is 0.200. The Labute approximate surface area is 156 Å². The van der Waals surface area contributed by atoms with Gasteiger partial charge in [0.05, 0.1) is 5.02 Å². The van der Waals surface area contributed by atoms with E-state index >= 15 is 0 Å². The van der Waals surface area contributed by atoms with E-state index in [0.29, 0.717) is 11.3 Å². The number of hydrogen-bond acceptors (Lipinski definition) is 3. The first-order valence-electron chi connectivity index (χ1n) is 7.98. The van der Waals surface area contributed by atoms with Crippen molar-refractivity contribution in [3.8, 4) is 0 Å². The molecule has 2 aromatic rings. The summed E-state index contributed by atoms with van der Waals surface area (Å²) in [7, 11) is 0. The lowest BCUT2D eigenvalue weighted by molar-refractivity contribution is -0.148. The number of halogens is 2. The topological polar surface area (TPSA) is 55.4 Å². The summed E-state index contributed by atoms with van der Waals surface area (Å²) >= 11 is 5.68. The highest BCUT2D eigenvalue weighted by molar-refractivity contribution is 6.30. The van der Waals surface area contributed by atoms with E-state index in [1.165, 1.54) is 31.2 Å². The van der Waals surface area contributed by atoms with Gasteiger partial charge in [0.25, 0.3) is 5.91 Å². The monoisotopic (exact) mass is 375 g/mol. The van der Waals surface area contributed by atoms with E-state index in [2.05, 4.69) is 5.32 Å². The molecule has 0 radical (unpaired) electrons. The molecular weight excluding hydrogens is 357 g/mol. The van der Waals surface area contributed by atoms with Gasteiger partial charge in [-0.25, -0.2) is 9.18 Å². The molecule has 0 heterocycles. The zero-order valence-electron chi connectivity index (χ0n) is 14.7. The second kappa shape index (κ2) is 8.63. The number of nitrogens with one attached hydrogen (secondary N) is 1. The second-order valence-corrected chi connectivity index (χ2v) is 6.30. The molecule has 0 bridgehead atoms. The SMILES string of the molecule is Cc1ccc(C)c(NC(=O)[C@H](C)OC(=O)/C=C/c2ccc(F)c(Cl)c2)c1. The highest BCUT2D eigenvalue weighted by Gasteiger charge is 2.17. The third-order valence-corrected chi connectivity index (χ3v) is 3.96. The molecule has 0 unspecified atom stereocenters. The number of aryl methyl sites for hydroxylation is 2. The van der Waals surface area contributed by atoms with Gasteiger partial charge in [0.15, 0.2) is 6.10 Å². The first-order chi connectivity index (χ1) is 12.3. The second-order valence-electron chi connectivity index (χ2n) is 5.89. The smallest absolute Gasteiger partial charge is 0.331 e. The molecule has 6 heteroatoms. The first-order valence-corrected chi connectivity index (χ1v) is 8.36. The number of amides is 1. The molecule has 0 aliphatic rings. The fourth-order valence-electron chi connectivity index (χ4n) is 2.15. The third kappa shape index (κ3) is 5.43. The van der Waals surface area contributed by atoms with Gasteiger partial charge in [-0.15, -0.1) is 0 Å². The fourth-order valence-corrected chi connectivity index (χ4v) is 2.34. The standard InChI is InChI=1S/C20H19ClFNO3/c1-12-4-5-13(2)18(10-12)23-20(25)14(3)26-19(24)9-7-15-6-8-17(22)16(21)11-15/h4-11,14H,1-3H3,(H,23,25)/b9-7+/t14-/m0/s1. The summed E-state index contributed by atoms with van der Waals surface area (Å²) in [4.78, 5) is 24.1. The summed E-state index contributed by atoms with van der Waals surface area (Å²) in [5.74, 6) is -1.65. The molecule has 0 fully saturated rings. The van der Waals surface area contributed by atoms with Gasteiger partial charge in [0, 0.05) is 11.8 Å². The zero-order chi connectivity index (χ0) is 19.3. The molecule has 0 spiro atoms. The number of rotatable bonds is 5. The minimum atomic E-state index is -0.969. The quantitative estimate of drug-likeness (QED) is 0.609. The van der Waals surface area contributed by atoms with Gasteiger partial charge in [-0.05, 0) is 61.7 Å². The van der Waals surface area contributed by atoms with Crippen LogP contribution in [0.2, 0.25) is 5.02 Å². The molecule has 0 saturated carbocycles. The van der Waals surface area contributed by atoms with Crippen molar-refractivity contribution in [3.05, 3.63) is 70.0 Å². The van der Waals surface area contributed by atoms with E-state index in [0.717, 1.165) is 17.2 Å². The van der Waals surface area contributed by atoms with Gasteiger partial charge in [-0.1, -0.05) is 29.8 Å². The Morgan fingerprint density at radius 2 is 1.92 bits per heavy atom. The van der Waals surface area contributed by atoms with Crippen LogP contribution < -0.4 is 5.32 Å². The number of carbonyl (C=O) groups excluding carboxylic acids is 2. The van der Waals surface area contributed by atoms with E-state index in [1.54, 1.807) is 0 Å². The molecule has 1 atom stereocenters. The average Bonchev–Trinajstić information content (AvgIpc) is 2.59. The molecule has 136 valence electrons. The van der Waals surface area contributed by atoms with Gasteiger partial charge >= 0.3 is 5.97 Å². The molecule has 0 aliphatic heterocycles. The Balaban J connectivity index is 1.95. The summed E-state index contributed by atoms with van der Waals surface area (Å²) in [6.45, 7) is 5.29. The normalized spacial score (nSPS) is 12.0. The van der Waals surface area contributed by atoms with Crippen molar-refractivity contribution in [1.29, 1.82) is 0 Å². The molecule has 0 saturated heterocycles. The Morgan fingerprint density at radius 3 is 2.62 bits per heavy atom. The minimum absolute atomic E-state index is 0.0400. The maximum Gasteiger partial charge on any atom is 0.331 e. The van der Waals surface area contributed by atoms with Gasteiger partial charge in [0.1, 0.15) is 5.82 Å². The number of benzene rings is 2. The van der Waals surface area contributed by atoms with Crippen LogP contribution in [-0.2, 0) is 14.3 Å². The van der Waals surface area contributed by atoms with Gasteiger partial charge in [0.2, 0.25) is 0 Å². The highest BCUT2D eigenvalue weighted by atomic mass is 35.5. The summed E-state index contributed by atoms with van der Waals surface area (Å²) in [5.41, 5.74) is 3.14. The summed E-state index contributed by atoms with van der Waals surface area (Å²) in [6, 6.07) is 9.76. The highest BCUT2D eigenvalue weighted by Crippen LogP contribution is 2.18. The molecule has 4 nitrogen and oxygen atoms in total. The van der Waals surface area contributed by atoms with Crippen LogP contribution in [0.3, 0.4) is 0 Å². The molecule has 2 rings (SSSR count). The van der Waals surface area contributed by atoms with Crippen molar-refractivity contribution in [2.45, 2.75) is 26.9 Å². The van der Waals surface area contributed by atoms with Crippen LogP contribution in [0, 0.1) is 19.7 Å². The minimum Gasteiger partial charge on any atom is -0.449 e. The molecule has 1 amide bonds. The lowest BCUT2D eigenvalue weighted by Crippen LogP contribution is -2.29. The van der Waals surface area contributed by atoms with Crippen LogP contribution in [0.4, 0.5) is 10.1 Å². The van der Waals surface area contributed by atoms with Crippen LogP contribution in [0.1, 0.15) is 23.6 Å². The third-order valence-electron chi connectivity index (χ3n) is 3.67. The Morgan fingerprint density at radius 1 is 1.19 bits per heavy atom. The van der Waals surface area contributed by atoms with E-state index in [4.69, 9.17) is 16.3 Å². The molecule has 26 heavy (non-hydrogen) atoms. The van der Waals surface area contributed by atoms with E-state index < -0.39 is 23.8 Å².